The first-order valence-electron chi connectivity index (χ1n) is 8.63. The van der Waals surface area contributed by atoms with E-state index in [1.807, 2.05) is 6.07 Å². The van der Waals surface area contributed by atoms with Crippen molar-refractivity contribution in [3.63, 3.8) is 0 Å². The van der Waals surface area contributed by atoms with E-state index in [1.165, 1.54) is 20.1 Å². The minimum Gasteiger partial charge on any atom is -0.452 e. The van der Waals surface area contributed by atoms with Gasteiger partial charge in [0.1, 0.15) is 5.56 Å². The van der Waals surface area contributed by atoms with Crippen LogP contribution in [0.1, 0.15) is 16.1 Å². The van der Waals surface area contributed by atoms with Crippen molar-refractivity contribution < 1.29 is 22.7 Å². The van der Waals surface area contributed by atoms with Crippen molar-refractivity contribution >= 4 is 21.9 Å². The Morgan fingerprint density at radius 2 is 1.89 bits per heavy atom. The van der Waals surface area contributed by atoms with Crippen molar-refractivity contribution in [2.24, 2.45) is 0 Å². The van der Waals surface area contributed by atoms with Gasteiger partial charge in [0.25, 0.3) is 5.91 Å². The average molecular weight is 407 g/mol. The molecule has 0 aromatic carbocycles. The minimum absolute atomic E-state index is 0.231. The van der Waals surface area contributed by atoms with E-state index in [4.69, 9.17) is 4.74 Å². The molecule has 1 aliphatic rings. The van der Waals surface area contributed by atoms with Crippen LogP contribution >= 0.6 is 0 Å². The SMILES string of the molecule is Cc1c(C(=O)OCC(=O)N2CCN(S(C)(=O)=O)CC2)cnn1-c1ccccn1. The van der Waals surface area contributed by atoms with Gasteiger partial charge in [-0.2, -0.15) is 9.40 Å². The van der Waals surface area contributed by atoms with Crippen molar-refractivity contribution in [2.75, 3.05) is 39.0 Å². The Labute approximate surface area is 162 Å². The predicted octanol–water partition coefficient (Wildman–Crippen LogP) is -0.164. The number of ether oxygens (including phenoxy) is 1. The Kier molecular flexibility index (Phi) is 5.75. The van der Waals surface area contributed by atoms with Crippen molar-refractivity contribution in [1.29, 1.82) is 0 Å². The molecule has 3 heterocycles. The molecule has 0 aliphatic carbocycles. The van der Waals surface area contributed by atoms with Crippen LogP contribution in [0.2, 0.25) is 0 Å². The number of esters is 1. The predicted molar refractivity (Wildman–Crippen MR) is 99.4 cm³/mol. The van der Waals surface area contributed by atoms with Crippen molar-refractivity contribution in [2.45, 2.75) is 6.92 Å². The zero-order valence-corrected chi connectivity index (χ0v) is 16.4. The molecule has 10 nitrogen and oxygen atoms in total. The highest BCUT2D eigenvalue weighted by Crippen LogP contribution is 2.13. The molecule has 0 atom stereocenters. The number of carbonyl (C=O) groups excluding carboxylic acids is 2. The van der Waals surface area contributed by atoms with Crippen LogP contribution in [0.15, 0.2) is 30.6 Å². The molecule has 0 bridgehead atoms. The van der Waals surface area contributed by atoms with Gasteiger partial charge in [-0.3, -0.25) is 4.79 Å². The van der Waals surface area contributed by atoms with E-state index in [1.54, 1.807) is 25.3 Å². The van der Waals surface area contributed by atoms with Gasteiger partial charge in [0.15, 0.2) is 12.4 Å². The second-order valence-corrected chi connectivity index (χ2v) is 8.34. The summed E-state index contributed by atoms with van der Waals surface area (Å²) in [6, 6.07) is 5.34. The van der Waals surface area contributed by atoms with Crippen LogP contribution < -0.4 is 0 Å². The molecule has 2 aromatic heterocycles. The molecule has 0 N–H and O–H groups in total. The average Bonchev–Trinajstić information content (AvgIpc) is 3.07. The zero-order valence-electron chi connectivity index (χ0n) is 15.6. The third-order valence-electron chi connectivity index (χ3n) is 4.48. The molecule has 2 aromatic rings. The smallest absolute Gasteiger partial charge is 0.342 e. The van der Waals surface area contributed by atoms with E-state index in [0.29, 0.717) is 11.5 Å². The summed E-state index contributed by atoms with van der Waals surface area (Å²) >= 11 is 0. The van der Waals surface area contributed by atoms with Gasteiger partial charge < -0.3 is 9.64 Å². The van der Waals surface area contributed by atoms with Crippen LogP contribution in [0.3, 0.4) is 0 Å². The molecule has 0 saturated carbocycles. The maximum Gasteiger partial charge on any atom is 0.342 e. The lowest BCUT2D eigenvalue weighted by Gasteiger charge is -2.33. The van der Waals surface area contributed by atoms with Gasteiger partial charge in [0, 0.05) is 32.4 Å². The Bertz CT molecular complexity index is 965. The van der Waals surface area contributed by atoms with Crippen LogP contribution in [-0.4, -0.2) is 83.3 Å². The fourth-order valence-corrected chi connectivity index (χ4v) is 3.71. The maximum absolute atomic E-state index is 12.3. The largest absolute Gasteiger partial charge is 0.452 e. The Hall–Kier alpha value is -2.79. The van der Waals surface area contributed by atoms with Crippen molar-refractivity contribution in [1.82, 2.24) is 24.0 Å². The quantitative estimate of drug-likeness (QED) is 0.633. The number of rotatable bonds is 5. The summed E-state index contributed by atoms with van der Waals surface area (Å²) in [6.07, 6.45) is 4.14. The van der Waals surface area contributed by atoms with E-state index in [-0.39, 0.29) is 37.6 Å². The van der Waals surface area contributed by atoms with E-state index in [9.17, 15) is 18.0 Å². The fraction of sp³-hybridized carbons (Fsp3) is 0.412. The second-order valence-electron chi connectivity index (χ2n) is 6.36. The highest BCUT2D eigenvalue weighted by molar-refractivity contribution is 7.88. The molecule has 1 aliphatic heterocycles. The summed E-state index contributed by atoms with van der Waals surface area (Å²) in [4.78, 5) is 30.2. The van der Waals surface area contributed by atoms with Crippen molar-refractivity contribution in [3.8, 4) is 5.82 Å². The summed E-state index contributed by atoms with van der Waals surface area (Å²) < 4.78 is 31.0. The van der Waals surface area contributed by atoms with Crippen LogP contribution in [0.5, 0.6) is 0 Å². The first-order chi connectivity index (χ1) is 13.3. The molecule has 150 valence electrons. The monoisotopic (exact) mass is 407 g/mol. The second kappa shape index (κ2) is 8.07. The van der Waals surface area contributed by atoms with Gasteiger partial charge in [-0.25, -0.2) is 22.9 Å². The first-order valence-corrected chi connectivity index (χ1v) is 10.5. The normalized spacial score (nSPS) is 15.4. The number of hydrogen-bond donors (Lipinski definition) is 0. The molecule has 1 amide bonds. The summed E-state index contributed by atoms with van der Waals surface area (Å²) in [7, 11) is -3.27. The van der Waals surface area contributed by atoms with E-state index in [0.717, 1.165) is 6.26 Å². The summed E-state index contributed by atoms with van der Waals surface area (Å²) in [5.74, 6) is -0.446. The third-order valence-corrected chi connectivity index (χ3v) is 5.79. The molecule has 11 heteroatoms. The van der Waals surface area contributed by atoms with Gasteiger partial charge >= 0.3 is 5.97 Å². The lowest BCUT2D eigenvalue weighted by molar-refractivity contribution is -0.135. The summed E-state index contributed by atoms with van der Waals surface area (Å²) in [6.45, 7) is 2.29. The zero-order chi connectivity index (χ0) is 20.3. The molecular weight excluding hydrogens is 386 g/mol. The highest BCUT2D eigenvalue weighted by atomic mass is 32.2. The Morgan fingerprint density at radius 3 is 2.50 bits per heavy atom. The van der Waals surface area contributed by atoms with Crippen LogP contribution in [-0.2, 0) is 19.6 Å². The third kappa shape index (κ3) is 4.37. The molecule has 28 heavy (non-hydrogen) atoms. The van der Waals surface area contributed by atoms with Gasteiger partial charge in [-0.1, -0.05) is 6.07 Å². The highest BCUT2D eigenvalue weighted by Gasteiger charge is 2.27. The Morgan fingerprint density at radius 1 is 1.18 bits per heavy atom. The van der Waals surface area contributed by atoms with E-state index < -0.39 is 22.6 Å². The molecule has 0 unspecified atom stereocenters. The molecule has 0 radical (unpaired) electrons. The maximum atomic E-state index is 12.3. The number of pyridine rings is 1. The minimum atomic E-state index is -3.27. The van der Waals surface area contributed by atoms with Gasteiger partial charge in [0.2, 0.25) is 10.0 Å². The summed E-state index contributed by atoms with van der Waals surface area (Å²) in [5.41, 5.74) is 0.804. The fourth-order valence-electron chi connectivity index (χ4n) is 2.89. The number of amides is 1. The Balaban J connectivity index is 1.56. The molecule has 1 saturated heterocycles. The lowest BCUT2D eigenvalue weighted by atomic mass is 10.2. The number of piperazine rings is 1. The topological polar surface area (TPSA) is 115 Å². The van der Waals surface area contributed by atoms with Gasteiger partial charge in [-0.05, 0) is 19.1 Å². The van der Waals surface area contributed by atoms with E-state index >= 15 is 0 Å². The number of sulfonamides is 1. The number of aromatic nitrogens is 3. The number of carbonyl (C=O) groups is 2. The van der Waals surface area contributed by atoms with Gasteiger partial charge in [0.05, 0.1) is 18.1 Å². The van der Waals surface area contributed by atoms with Crippen LogP contribution in [0.4, 0.5) is 0 Å². The van der Waals surface area contributed by atoms with Crippen LogP contribution in [0.25, 0.3) is 5.82 Å². The molecule has 3 rings (SSSR count). The van der Waals surface area contributed by atoms with Crippen LogP contribution in [0, 0.1) is 6.92 Å². The standard InChI is InChI=1S/C17H21N5O5S/c1-13-14(11-19-22(13)15-5-3-4-6-18-15)17(24)27-12-16(23)20-7-9-21(10-8-20)28(2,25)26/h3-6,11H,7-10,12H2,1-2H3. The van der Waals surface area contributed by atoms with Crippen molar-refractivity contribution in [3.05, 3.63) is 41.9 Å². The first kappa shape index (κ1) is 20.0. The number of nitrogens with zero attached hydrogens (tertiary/aromatic N) is 5. The molecule has 0 spiro atoms. The van der Waals surface area contributed by atoms with E-state index in [2.05, 4.69) is 10.1 Å². The van der Waals surface area contributed by atoms with Gasteiger partial charge in [-0.15, -0.1) is 0 Å². The molecular formula is C17H21N5O5S. The summed E-state index contributed by atoms with van der Waals surface area (Å²) in [5, 5.41) is 4.15. The number of hydrogen-bond acceptors (Lipinski definition) is 7. The lowest BCUT2D eigenvalue weighted by Crippen LogP contribution is -2.51. The molecule has 1 fully saturated rings.